The van der Waals surface area contributed by atoms with Crippen LogP contribution in [0.2, 0.25) is 0 Å². The summed E-state index contributed by atoms with van der Waals surface area (Å²) in [5.74, 6) is -0.345. The van der Waals surface area contributed by atoms with Gasteiger partial charge in [-0.3, -0.25) is 4.79 Å². The minimum atomic E-state index is -0.774. The first-order chi connectivity index (χ1) is 10.8. The molecule has 0 aliphatic carbocycles. The Hall–Kier alpha value is -1.51. The van der Waals surface area contributed by atoms with Gasteiger partial charge in [-0.1, -0.05) is 20.8 Å². The van der Waals surface area contributed by atoms with Crippen LogP contribution in [0.1, 0.15) is 41.5 Å². The van der Waals surface area contributed by atoms with Crippen molar-refractivity contribution in [2.75, 3.05) is 11.1 Å². The van der Waals surface area contributed by atoms with Crippen LogP contribution in [0.25, 0.3) is 0 Å². The van der Waals surface area contributed by atoms with Gasteiger partial charge in [-0.2, -0.15) is 0 Å². The lowest BCUT2D eigenvalue weighted by Gasteiger charge is -2.31. The van der Waals surface area contributed by atoms with E-state index in [1.54, 1.807) is 32.9 Å². The van der Waals surface area contributed by atoms with E-state index in [1.807, 2.05) is 26.8 Å². The van der Waals surface area contributed by atoms with Crippen LogP contribution in [0.5, 0.6) is 0 Å². The summed E-state index contributed by atoms with van der Waals surface area (Å²) in [7, 11) is 0. The summed E-state index contributed by atoms with van der Waals surface area (Å²) in [5.41, 5.74) is 5.75. The van der Waals surface area contributed by atoms with Gasteiger partial charge in [0.25, 0.3) is 0 Å². The maximum atomic E-state index is 12.7. The van der Waals surface area contributed by atoms with Gasteiger partial charge in [-0.05, 0) is 67.0 Å². The van der Waals surface area contributed by atoms with Gasteiger partial charge >= 0.3 is 6.09 Å². The number of nitrogens with one attached hydrogen (secondary N) is 2. The highest BCUT2D eigenvalue weighted by Gasteiger charge is 2.34. The number of halogens is 1. The van der Waals surface area contributed by atoms with E-state index < -0.39 is 23.2 Å². The molecule has 0 aliphatic rings. The molecule has 0 saturated heterocycles. The number of nitrogens with two attached hydrogens (primary N) is 1. The Morgan fingerprint density at radius 3 is 2.25 bits per heavy atom. The van der Waals surface area contributed by atoms with Crippen LogP contribution < -0.4 is 16.4 Å². The molecule has 0 unspecified atom stereocenters. The van der Waals surface area contributed by atoms with E-state index in [-0.39, 0.29) is 5.91 Å². The smallest absolute Gasteiger partial charge is 0.408 e. The van der Waals surface area contributed by atoms with Crippen LogP contribution in [0.4, 0.5) is 16.2 Å². The first-order valence-corrected chi connectivity index (χ1v) is 8.73. The Labute approximate surface area is 157 Å². The van der Waals surface area contributed by atoms with Gasteiger partial charge in [-0.25, -0.2) is 4.79 Å². The molecule has 134 valence electrons. The van der Waals surface area contributed by atoms with Gasteiger partial charge in [-0.15, -0.1) is 0 Å². The van der Waals surface area contributed by atoms with E-state index in [4.69, 9.17) is 10.5 Å². The van der Waals surface area contributed by atoms with Crippen molar-refractivity contribution >= 4 is 46.0 Å². The summed E-state index contributed by atoms with van der Waals surface area (Å²) in [6.07, 6.45) is -0.631. The standard InChI is InChI=1S/C17H26IN3O3/c1-16(2,3)13(21-15(23)24-17(4,5)6)14(22)20-12-9-10(18)7-8-11(12)19/h7-9,13H,19H2,1-6H3,(H,20,22)(H,21,23)/t13-/m1/s1. The van der Waals surface area contributed by atoms with Crippen LogP contribution in [-0.2, 0) is 9.53 Å². The molecule has 0 radical (unpaired) electrons. The summed E-state index contributed by atoms with van der Waals surface area (Å²) >= 11 is 2.14. The van der Waals surface area contributed by atoms with E-state index in [9.17, 15) is 9.59 Å². The van der Waals surface area contributed by atoms with E-state index in [0.29, 0.717) is 11.4 Å². The Kier molecular flexibility index (Phi) is 6.49. The van der Waals surface area contributed by atoms with Crippen molar-refractivity contribution in [2.24, 2.45) is 5.41 Å². The van der Waals surface area contributed by atoms with Gasteiger partial charge in [0.05, 0.1) is 11.4 Å². The first kappa shape index (κ1) is 20.5. The van der Waals surface area contributed by atoms with Gasteiger partial charge in [0.1, 0.15) is 11.6 Å². The Morgan fingerprint density at radius 2 is 1.75 bits per heavy atom. The number of hydrogen-bond donors (Lipinski definition) is 3. The molecule has 0 spiro atoms. The van der Waals surface area contributed by atoms with Crippen molar-refractivity contribution in [3.05, 3.63) is 21.8 Å². The SMILES string of the molecule is CC(C)(C)OC(=O)N[C@H](C(=O)Nc1cc(I)ccc1N)C(C)(C)C. The second-order valence-electron chi connectivity index (χ2n) is 7.67. The maximum absolute atomic E-state index is 12.7. The number of carbonyl (C=O) groups excluding carboxylic acids is 2. The Balaban J connectivity index is 2.94. The highest BCUT2D eigenvalue weighted by atomic mass is 127. The molecule has 0 bridgehead atoms. The summed E-state index contributed by atoms with van der Waals surface area (Å²) in [5, 5.41) is 5.44. The number of nitrogen functional groups attached to an aromatic ring is 1. The molecule has 0 aliphatic heterocycles. The second-order valence-corrected chi connectivity index (χ2v) is 8.91. The van der Waals surface area contributed by atoms with Crippen molar-refractivity contribution in [3.8, 4) is 0 Å². The Morgan fingerprint density at radius 1 is 1.17 bits per heavy atom. The Bertz CT molecular complexity index is 618. The fraction of sp³-hybridized carbons (Fsp3) is 0.529. The zero-order valence-electron chi connectivity index (χ0n) is 15.0. The van der Waals surface area contributed by atoms with Crippen molar-refractivity contribution in [1.82, 2.24) is 5.32 Å². The average Bonchev–Trinajstić information content (AvgIpc) is 2.36. The highest BCUT2D eigenvalue weighted by Crippen LogP contribution is 2.25. The fourth-order valence-electron chi connectivity index (χ4n) is 1.94. The minimum absolute atomic E-state index is 0.345. The normalized spacial score (nSPS) is 13.1. The molecule has 4 N–H and O–H groups in total. The summed E-state index contributed by atoms with van der Waals surface area (Å²) in [6.45, 7) is 10.9. The lowest BCUT2D eigenvalue weighted by atomic mass is 9.86. The first-order valence-electron chi connectivity index (χ1n) is 7.65. The van der Waals surface area contributed by atoms with Gasteiger partial charge < -0.3 is 21.1 Å². The number of carbonyl (C=O) groups is 2. The quantitative estimate of drug-likeness (QED) is 0.486. The number of alkyl carbamates (subject to hydrolysis) is 1. The molecular weight excluding hydrogens is 421 g/mol. The van der Waals surface area contributed by atoms with Gasteiger partial charge in [0.2, 0.25) is 5.91 Å². The monoisotopic (exact) mass is 447 g/mol. The number of ether oxygens (including phenoxy) is 1. The van der Waals surface area contributed by atoms with Crippen molar-refractivity contribution < 1.29 is 14.3 Å². The van der Waals surface area contributed by atoms with Crippen LogP contribution in [0.15, 0.2) is 18.2 Å². The second kappa shape index (κ2) is 7.58. The molecule has 2 amide bonds. The number of benzene rings is 1. The third-order valence-electron chi connectivity index (χ3n) is 3.06. The zero-order valence-corrected chi connectivity index (χ0v) is 17.1. The lowest BCUT2D eigenvalue weighted by molar-refractivity contribution is -0.120. The molecule has 1 atom stereocenters. The molecule has 24 heavy (non-hydrogen) atoms. The van der Waals surface area contributed by atoms with Crippen LogP contribution >= 0.6 is 22.6 Å². The molecular formula is C17H26IN3O3. The third kappa shape index (κ3) is 6.54. The number of rotatable bonds is 3. The van der Waals surface area contributed by atoms with E-state index >= 15 is 0 Å². The van der Waals surface area contributed by atoms with Gasteiger partial charge in [0.15, 0.2) is 0 Å². The molecule has 1 rings (SSSR count). The van der Waals surface area contributed by atoms with E-state index in [1.165, 1.54) is 0 Å². The molecule has 0 aromatic heterocycles. The topological polar surface area (TPSA) is 93.4 Å². The highest BCUT2D eigenvalue weighted by molar-refractivity contribution is 14.1. The predicted octanol–water partition coefficient (Wildman–Crippen LogP) is 3.75. The van der Waals surface area contributed by atoms with Crippen LogP contribution in [0.3, 0.4) is 0 Å². The summed E-state index contributed by atoms with van der Waals surface area (Å²) < 4.78 is 6.20. The molecule has 1 aromatic rings. The maximum Gasteiger partial charge on any atom is 0.408 e. The predicted molar refractivity (Wildman–Crippen MR) is 105 cm³/mol. The molecule has 1 aromatic carbocycles. The molecule has 0 heterocycles. The van der Waals surface area contributed by atoms with Crippen LogP contribution in [-0.4, -0.2) is 23.6 Å². The minimum Gasteiger partial charge on any atom is -0.444 e. The molecule has 6 nitrogen and oxygen atoms in total. The van der Waals surface area contributed by atoms with Crippen molar-refractivity contribution in [1.29, 1.82) is 0 Å². The zero-order chi connectivity index (χ0) is 18.7. The van der Waals surface area contributed by atoms with E-state index in [2.05, 4.69) is 33.2 Å². The third-order valence-corrected chi connectivity index (χ3v) is 3.73. The number of anilines is 2. The van der Waals surface area contributed by atoms with Gasteiger partial charge in [0, 0.05) is 3.57 Å². The van der Waals surface area contributed by atoms with Crippen molar-refractivity contribution in [3.63, 3.8) is 0 Å². The molecule has 0 saturated carbocycles. The van der Waals surface area contributed by atoms with Crippen molar-refractivity contribution in [2.45, 2.75) is 53.2 Å². The summed E-state index contributed by atoms with van der Waals surface area (Å²) in [6, 6.07) is 4.59. The lowest BCUT2D eigenvalue weighted by Crippen LogP contribution is -2.52. The number of hydrogen-bond acceptors (Lipinski definition) is 4. The molecule has 7 heteroatoms. The van der Waals surface area contributed by atoms with Crippen LogP contribution in [0, 0.1) is 8.99 Å². The summed E-state index contributed by atoms with van der Waals surface area (Å²) in [4.78, 5) is 24.7. The fourth-order valence-corrected chi connectivity index (χ4v) is 2.43. The largest absolute Gasteiger partial charge is 0.444 e. The average molecular weight is 447 g/mol. The number of amides is 2. The molecule has 0 fully saturated rings. The van der Waals surface area contributed by atoms with E-state index in [0.717, 1.165) is 3.57 Å².